The summed E-state index contributed by atoms with van der Waals surface area (Å²) in [5.41, 5.74) is 1.62. The number of nitrogens with zero attached hydrogens (tertiary/aromatic N) is 2. The first-order valence-corrected chi connectivity index (χ1v) is 8.95. The lowest BCUT2D eigenvalue weighted by Gasteiger charge is -2.17. The second-order valence-corrected chi connectivity index (χ2v) is 8.10. The van der Waals surface area contributed by atoms with Crippen molar-refractivity contribution in [1.82, 2.24) is 9.55 Å². The van der Waals surface area contributed by atoms with E-state index in [2.05, 4.69) is 31.7 Å². The lowest BCUT2D eigenvalue weighted by molar-refractivity contribution is 0.616. The average molecular weight is 378 g/mol. The molecule has 1 aliphatic rings. The number of hydrogen-bond donors (Lipinski definition) is 0. The van der Waals surface area contributed by atoms with E-state index in [1.165, 1.54) is 12.8 Å². The molecule has 0 saturated heterocycles. The van der Waals surface area contributed by atoms with Crippen molar-refractivity contribution in [2.24, 2.45) is 0 Å². The number of imidazole rings is 1. The van der Waals surface area contributed by atoms with Gasteiger partial charge in [-0.2, -0.15) is 11.8 Å². The zero-order valence-corrected chi connectivity index (χ0v) is 14.4. The molecule has 6 heteroatoms. The van der Waals surface area contributed by atoms with Crippen LogP contribution in [0.3, 0.4) is 0 Å². The molecular formula is C14H15BrClFN2S. The van der Waals surface area contributed by atoms with Gasteiger partial charge in [-0.05, 0) is 48.0 Å². The molecule has 1 atom stereocenters. The fourth-order valence-corrected chi connectivity index (χ4v) is 3.73. The molecule has 0 N–H and O–H groups in total. The zero-order valence-electron chi connectivity index (χ0n) is 11.3. The van der Waals surface area contributed by atoms with Crippen LogP contribution in [0, 0.1) is 5.82 Å². The van der Waals surface area contributed by atoms with Gasteiger partial charge >= 0.3 is 0 Å². The van der Waals surface area contributed by atoms with Crippen molar-refractivity contribution in [2.75, 3.05) is 6.26 Å². The van der Waals surface area contributed by atoms with E-state index in [9.17, 15) is 4.39 Å². The molecule has 0 radical (unpaired) electrons. The summed E-state index contributed by atoms with van der Waals surface area (Å²) in [6.45, 7) is 2.75. The minimum absolute atomic E-state index is 0.193. The normalized spacial score (nSPS) is 18.4. The van der Waals surface area contributed by atoms with Crippen molar-refractivity contribution in [1.29, 1.82) is 0 Å². The topological polar surface area (TPSA) is 17.8 Å². The third-order valence-electron chi connectivity index (χ3n) is 3.86. The molecule has 2 aromatic rings. The van der Waals surface area contributed by atoms with Gasteiger partial charge in [-0.3, -0.25) is 0 Å². The van der Waals surface area contributed by atoms with E-state index in [0.29, 0.717) is 4.47 Å². The summed E-state index contributed by atoms with van der Waals surface area (Å²) < 4.78 is 16.6. The van der Waals surface area contributed by atoms with E-state index >= 15 is 0 Å². The van der Waals surface area contributed by atoms with Gasteiger partial charge in [0.2, 0.25) is 0 Å². The summed E-state index contributed by atoms with van der Waals surface area (Å²) in [6, 6.07) is 3.27. The van der Waals surface area contributed by atoms with Gasteiger partial charge in [-0.15, -0.1) is 11.6 Å². The number of thioether (sulfide) groups is 1. The predicted octanol–water partition coefficient (Wildman–Crippen LogP) is 5.13. The Balaban J connectivity index is 2.15. The monoisotopic (exact) mass is 376 g/mol. The number of fused-ring (bicyclic) bond motifs is 1. The molecule has 1 unspecified atom stereocenters. The fourth-order valence-electron chi connectivity index (χ4n) is 2.46. The van der Waals surface area contributed by atoms with E-state index in [1.807, 2.05) is 18.7 Å². The van der Waals surface area contributed by atoms with Crippen LogP contribution in [0.25, 0.3) is 11.0 Å². The lowest BCUT2D eigenvalue weighted by atomic mass is 10.3. The molecule has 1 heterocycles. The van der Waals surface area contributed by atoms with Gasteiger partial charge in [0.05, 0.1) is 20.9 Å². The highest BCUT2D eigenvalue weighted by atomic mass is 79.9. The van der Waals surface area contributed by atoms with Crippen molar-refractivity contribution in [3.63, 3.8) is 0 Å². The third-order valence-corrected chi connectivity index (χ3v) is 6.07. The summed E-state index contributed by atoms with van der Waals surface area (Å²) >= 11 is 11.3. The molecular weight excluding hydrogens is 363 g/mol. The molecule has 1 aromatic heterocycles. The number of hydrogen-bond acceptors (Lipinski definition) is 2. The largest absolute Gasteiger partial charge is 0.325 e. The number of aromatic nitrogens is 2. The fraction of sp³-hybridized carbons (Fsp3) is 0.500. The van der Waals surface area contributed by atoms with Crippen LogP contribution in [0.5, 0.6) is 0 Å². The molecule has 0 aliphatic heterocycles. The first kappa shape index (κ1) is 14.7. The van der Waals surface area contributed by atoms with E-state index in [4.69, 9.17) is 11.6 Å². The molecule has 0 bridgehead atoms. The van der Waals surface area contributed by atoms with Crippen LogP contribution in [-0.4, -0.2) is 20.6 Å². The van der Waals surface area contributed by atoms with Gasteiger partial charge in [0.25, 0.3) is 0 Å². The van der Waals surface area contributed by atoms with Gasteiger partial charge < -0.3 is 4.57 Å². The molecule has 3 rings (SSSR count). The van der Waals surface area contributed by atoms with Crippen LogP contribution in [0.15, 0.2) is 16.6 Å². The molecule has 1 saturated carbocycles. The minimum atomic E-state index is -0.263. The number of alkyl halides is 1. The molecule has 1 aromatic carbocycles. The summed E-state index contributed by atoms with van der Waals surface area (Å²) in [5, 5.41) is -0.193. The van der Waals surface area contributed by atoms with Crippen LogP contribution < -0.4 is 0 Å². The first-order chi connectivity index (χ1) is 9.46. The maximum absolute atomic E-state index is 13.8. The van der Waals surface area contributed by atoms with E-state index in [0.717, 1.165) is 23.4 Å². The summed E-state index contributed by atoms with van der Waals surface area (Å²) in [5.74, 6) is 0.556. The Hall–Kier alpha value is -0.260. The SMILES string of the molecule is CSC1(Cn2c(C(C)Cl)nc3cc(Br)c(F)cc32)CC1. The van der Waals surface area contributed by atoms with Crippen LogP contribution in [0.1, 0.15) is 31.0 Å². The van der Waals surface area contributed by atoms with Crippen LogP contribution in [0.4, 0.5) is 4.39 Å². The number of benzene rings is 1. The number of halogens is 3. The zero-order chi connectivity index (χ0) is 14.5. The van der Waals surface area contributed by atoms with Crippen LogP contribution >= 0.6 is 39.3 Å². The van der Waals surface area contributed by atoms with Gasteiger partial charge in [-0.25, -0.2) is 9.37 Å². The highest BCUT2D eigenvalue weighted by Crippen LogP contribution is 2.49. The molecule has 1 aliphatic carbocycles. The smallest absolute Gasteiger partial charge is 0.139 e. The van der Waals surface area contributed by atoms with Crippen molar-refractivity contribution in [3.05, 3.63) is 28.2 Å². The second-order valence-electron chi connectivity index (χ2n) is 5.31. The Morgan fingerprint density at radius 2 is 2.25 bits per heavy atom. The van der Waals surface area contributed by atoms with Crippen molar-refractivity contribution in [2.45, 2.75) is 36.4 Å². The van der Waals surface area contributed by atoms with Crippen LogP contribution in [-0.2, 0) is 6.54 Å². The molecule has 108 valence electrons. The van der Waals surface area contributed by atoms with Gasteiger partial charge in [0, 0.05) is 17.4 Å². The molecule has 0 amide bonds. The van der Waals surface area contributed by atoms with Gasteiger partial charge in [0.1, 0.15) is 11.6 Å². The minimum Gasteiger partial charge on any atom is -0.325 e. The summed E-state index contributed by atoms with van der Waals surface area (Å²) in [6.07, 6.45) is 4.53. The highest BCUT2D eigenvalue weighted by Gasteiger charge is 2.43. The molecule has 2 nitrogen and oxygen atoms in total. The standard InChI is InChI=1S/C14H15BrClFN2S/c1-8(16)13-18-11-5-9(15)10(17)6-12(11)19(13)7-14(20-2)3-4-14/h5-6,8H,3-4,7H2,1-2H3. The maximum atomic E-state index is 13.8. The Labute approximate surface area is 135 Å². The Morgan fingerprint density at radius 1 is 1.55 bits per heavy atom. The molecule has 1 fully saturated rings. The maximum Gasteiger partial charge on any atom is 0.139 e. The average Bonchev–Trinajstić information content (AvgIpc) is 3.10. The second kappa shape index (κ2) is 5.18. The Kier molecular flexibility index (Phi) is 3.80. The Bertz CT molecular complexity index is 667. The van der Waals surface area contributed by atoms with Gasteiger partial charge in [0.15, 0.2) is 0 Å². The van der Waals surface area contributed by atoms with Crippen molar-refractivity contribution < 1.29 is 4.39 Å². The molecule has 20 heavy (non-hydrogen) atoms. The number of rotatable bonds is 4. The quantitative estimate of drug-likeness (QED) is 0.687. The summed E-state index contributed by atoms with van der Waals surface area (Å²) in [4.78, 5) is 4.59. The van der Waals surface area contributed by atoms with E-state index in [-0.39, 0.29) is 15.9 Å². The first-order valence-electron chi connectivity index (χ1n) is 6.50. The highest BCUT2D eigenvalue weighted by molar-refractivity contribution is 9.10. The Morgan fingerprint density at radius 3 is 2.80 bits per heavy atom. The van der Waals surface area contributed by atoms with Crippen molar-refractivity contribution >= 4 is 50.3 Å². The van der Waals surface area contributed by atoms with Gasteiger partial charge in [-0.1, -0.05) is 0 Å². The molecule has 0 spiro atoms. The lowest BCUT2D eigenvalue weighted by Crippen LogP contribution is -2.16. The van der Waals surface area contributed by atoms with Crippen molar-refractivity contribution in [3.8, 4) is 0 Å². The predicted molar refractivity (Wildman–Crippen MR) is 87.1 cm³/mol. The van der Waals surface area contributed by atoms with Crippen LogP contribution in [0.2, 0.25) is 0 Å². The van der Waals surface area contributed by atoms with E-state index in [1.54, 1.807) is 12.1 Å². The summed E-state index contributed by atoms with van der Waals surface area (Å²) in [7, 11) is 0. The van der Waals surface area contributed by atoms with E-state index < -0.39 is 0 Å². The third kappa shape index (κ3) is 2.48.